The first-order valence-corrected chi connectivity index (χ1v) is 24.1. The van der Waals surface area contributed by atoms with Gasteiger partial charge in [-0.3, -0.25) is 0 Å². The van der Waals surface area contributed by atoms with Crippen LogP contribution in [0, 0.1) is 23.7 Å². The van der Waals surface area contributed by atoms with Crippen molar-refractivity contribution in [1.82, 2.24) is 0 Å². The Labute approximate surface area is 303 Å². The van der Waals surface area contributed by atoms with E-state index in [-0.39, 0.29) is 40.6 Å². The summed E-state index contributed by atoms with van der Waals surface area (Å²) in [5, 5.41) is 10.8. The maximum absolute atomic E-state index is 13.9. The van der Waals surface area contributed by atoms with Crippen LogP contribution in [-0.4, -0.2) is 72.5 Å². The molecule has 1 aliphatic heterocycles. The lowest BCUT2D eigenvalue weighted by Crippen LogP contribution is -2.53. The highest BCUT2D eigenvalue weighted by atomic mass is 28.4. The first kappa shape index (κ1) is 45.5. The number of rotatable bonds is 13. The van der Waals surface area contributed by atoms with Crippen molar-refractivity contribution in [3.8, 4) is 0 Å². The van der Waals surface area contributed by atoms with E-state index in [0.29, 0.717) is 0 Å². The first-order valence-electron chi connectivity index (χ1n) is 18.7. The van der Waals surface area contributed by atoms with Crippen LogP contribution in [0.4, 0.5) is 0 Å². The number of esters is 1. The second-order valence-electron chi connectivity index (χ2n) is 16.3. The SMILES string of the molecule is CC[Si](CC)(CC)O[C@@H]1[C@H](C)/C=C(C)/C=C(\OC)C(=O)O[C@H]([C@@H](C)[C@@H](O[Si](C)(C)C(C)(C)C)[C@H](C)[C@@H](C)O)[C@@H](OC)/C=C/C=C(\C)C[C@@H]1C. The van der Waals surface area contributed by atoms with E-state index in [0.717, 1.165) is 30.1 Å². The lowest BCUT2D eigenvalue weighted by atomic mass is 9.84. The molecule has 0 spiro atoms. The van der Waals surface area contributed by atoms with E-state index in [1.807, 2.05) is 32.9 Å². The Balaban J connectivity index is 3.85. The van der Waals surface area contributed by atoms with Gasteiger partial charge in [-0.1, -0.05) is 105 Å². The molecule has 0 unspecified atom stereocenters. The molecule has 284 valence electrons. The van der Waals surface area contributed by atoms with E-state index in [4.69, 9.17) is 23.1 Å². The molecule has 0 radical (unpaired) electrons. The summed E-state index contributed by atoms with van der Waals surface area (Å²) in [6, 6.07) is 3.27. The van der Waals surface area contributed by atoms with Gasteiger partial charge in [0, 0.05) is 18.9 Å². The summed E-state index contributed by atoms with van der Waals surface area (Å²) in [6.07, 6.45) is 8.69. The maximum atomic E-state index is 13.9. The molecule has 0 aromatic rings. The molecule has 7 nitrogen and oxygen atoms in total. The fourth-order valence-electron chi connectivity index (χ4n) is 6.67. The molecular weight excluding hydrogens is 649 g/mol. The van der Waals surface area contributed by atoms with Gasteiger partial charge >= 0.3 is 5.97 Å². The van der Waals surface area contributed by atoms with Crippen molar-refractivity contribution in [3.63, 3.8) is 0 Å². The summed E-state index contributed by atoms with van der Waals surface area (Å²) in [5.74, 6) is -0.591. The zero-order valence-corrected chi connectivity index (χ0v) is 36.3. The Morgan fingerprint density at radius 2 is 1.59 bits per heavy atom. The lowest BCUT2D eigenvalue weighted by Gasteiger charge is -2.45. The van der Waals surface area contributed by atoms with Crippen LogP contribution in [0.1, 0.15) is 96.4 Å². The number of allylic oxidation sites excluding steroid dienone is 5. The fraction of sp³-hybridized carbons (Fsp3) is 0.775. The van der Waals surface area contributed by atoms with E-state index >= 15 is 0 Å². The van der Waals surface area contributed by atoms with Gasteiger partial charge < -0.3 is 28.2 Å². The van der Waals surface area contributed by atoms with Gasteiger partial charge in [0.1, 0.15) is 12.2 Å². The first-order chi connectivity index (χ1) is 22.6. The smallest absolute Gasteiger partial charge is 0.373 e. The number of aliphatic hydroxyl groups excluding tert-OH is 1. The third-order valence-corrected chi connectivity index (χ3v) is 20.5. The molecular formula is C40H74O7Si2. The van der Waals surface area contributed by atoms with Crippen molar-refractivity contribution in [2.45, 2.75) is 163 Å². The molecule has 0 saturated heterocycles. The standard InChI is InChI=1S/C40H74O7Si2/c1-18-49(19-2,20-3)47-36-29(6)24-27(4)22-21-23-34(43-14)38(45-39(42)35(44-15)26-28(5)25-30(36)7)32(9)37(31(8)33(10)41)46-48(16,17)40(11,12)13/h21-23,25-26,29-34,36-38,41H,18-20,24H2,1-17H3/b23-21+,27-22+,28-25+,35-26-/t29-,30+,31+,32-,33+,34-,36-,37-,38+/m0/s1. The summed E-state index contributed by atoms with van der Waals surface area (Å²) < 4.78 is 32.3. The van der Waals surface area contributed by atoms with Crippen LogP contribution in [0.15, 0.2) is 47.3 Å². The number of hydrogen-bond acceptors (Lipinski definition) is 7. The molecule has 0 saturated carbocycles. The molecule has 0 amide bonds. The van der Waals surface area contributed by atoms with Crippen LogP contribution in [0.25, 0.3) is 0 Å². The van der Waals surface area contributed by atoms with Gasteiger partial charge in [-0.25, -0.2) is 4.79 Å². The van der Waals surface area contributed by atoms with E-state index in [2.05, 4.69) is 87.6 Å². The van der Waals surface area contributed by atoms with E-state index in [1.54, 1.807) is 20.1 Å². The number of methoxy groups -OCH3 is 2. The summed E-state index contributed by atoms with van der Waals surface area (Å²) in [6.45, 7) is 32.3. The van der Waals surface area contributed by atoms with Gasteiger partial charge in [0.25, 0.3) is 0 Å². The van der Waals surface area contributed by atoms with Gasteiger partial charge in [-0.05, 0) is 81.4 Å². The van der Waals surface area contributed by atoms with Gasteiger partial charge in [0.2, 0.25) is 5.76 Å². The van der Waals surface area contributed by atoms with Crippen LogP contribution in [0.5, 0.6) is 0 Å². The van der Waals surface area contributed by atoms with Gasteiger partial charge in [0.05, 0.1) is 25.4 Å². The Hall–Kier alpha value is -1.50. The van der Waals surface area contributed by atoms with Crippen molar-refractivity contribution in [2.75, 3.05) is 14.2 Å². The van der Waals surface area contributed by atoms with Crippen LogP contribution in [0.2, 0.25) is 36.3 Å². The molecule has 49 heavy (non-hydrogen) atoms. The maximum Gasteiger partial charge on any atom is 0.373 e. The molecule has 0 aromatic carbocycles. The minimum Gasteiger partial charge on any atom is -0.490 e. The third kappa shape index (κ3) is 12.9. The zero-order valence-electron chi connectivity index (χ0n) is 34.3. The molecule has 1 N–H and O–H groups in total. The number of hydrogen-bond donors (Lipinski definition) is 1. The highest BCUT2D eigenvalue weighted by molar-refractivity contribution is 6.74. The van der Waals surface area contributed by atoms with Crippen LogP contribution in [-0.2, 0) is 27.9 Å². The normalized spacial score (nSPS) is 30.4. The quantitative estimate of drug-likeness (QED) is 0.150. The van der Waals surface area contributed by atoms with E-state index in [1.165, 1.54) is 12.7 Å². The third-order valence-electron chi connectivity index (χ3n) is 11.4. The summed E-state index contributed by atoms with van der Waals surface area (Å²) in [4.78, 5) is 13.9. The lowest BCUT2D eigenvalue weighted by molar-refractivity contribution is -0.162. The predicted molar refractivity (Wildman–Crippen MR) is 210 cm³/mol. The summed E-state index contributed by atoms with van der Waals surface area (Å²) >= 11 is 0. The van der Waals surface area contributed by atoms with Crippen molar-refractivity contribution in [1.29, 1.82) is 0 Å². The Morgan fingerprint density at radius 1 is 1.02 bits per heavy atom. The largest absolute Gasteiger partial charge is 0.490 e. The number of carbonyl (C=O) groups excluding carboxylic acids is 1. The minimum absolute atomic E-state index is 0.0405. The van der Waals surface area contributed by atoms with Crippen LogP contribution < -0.4 is 0 Å². The second-order valence-corrected chi connectivity index (χ2v) is 25.7. The van der Waals surface area contributed by atoms with E-state index < -0.39 is 47.0 Å². The monoisotopic (exact) mass is 722 g/mol. The molecule has 0 aromatic heterocycles. The zero-order chi connectivity index (χ0) is 37.9. The second kappa shape index (κ2) is 19.9. The van der Waals surface area contributed by atoms with Crippen LogP contribution in [0.3, 0.4) is 0 Å². The molecule has 9 heteroatoms. The molecule has 0 aliphatic carbocycles. The number of aliphatic hydroxyl groups is 1. The number of carbonyl (C=O) groups is 1. The summed E-state index contributed by atoms with van der Waals surface area (Å²) in [7, 11) is -1.04. The molecule has 9 atom stereocenters. The average molecular weight is 723 g/mol. The van der Waals surface area contributed by atoms with Crippen molar-refractivity contribution < 1.29 is 33.0 Å². The highest BCUT2D eigenvalue weighted by Crippen LogP contribution is 2.41. The minimum atomic E-state index is -2.28. The van der Waals surface area contributed by atoms with Crippen molar-refractivity contribution in [2.24, 2.45) is 23.7 Å². The Kier molecular flexibility index (Phi) is 18.5. The Bertz CT molecular complexity index is 1140. The van der Waals surface area contributed by atoms with Gasteiger partial charge in [-0.2, -0.15) is 0 Å². The Morgan fingerprint density at radius 3 is 2.06 bits per heavy atom. The van der Waals surface area contributed by atoms with Crippen molar-refractivity contribution in [3.05, 3.63) is 47.3 Å². The summed E-state index contributed by atoms with van der Waals surface area (Å²) in [5.41, 5.74) is 2.15. The van der Waals surface area contributed by atoms with Crippen LogP contribution >= 0.6 is 0 Å². The average Bonchev–Trinajstić information content (AvgIpc) is 3.02. The topological polar surface area (TPSA) is 83.5 Å². The number of cyclic esters (lactones) is 1. The predicted octanol–water partition coefficient (Wildman–Crippen LogP) is 10.0. The molecule has 0 fully saturated rings. The fourth-order valence-corrected chi connectivity index (χ4v) is 11.2. The van der Waals surface area contributed by atoms with Gasteiger partial charge in [-0.15, -0.1) is 0 Å². The van der Waals surface area contributed by atoms with Gasteiger partial charge in [0.15, 0.2) is 16.6 Å². The highest BCUT2D eigenvalue weighted by Gasteiger charge is 2.45. The van der Waals surface area contributed by atoms with E-state index in [9.17, 15) is 9.90 Å². The van der Waals surface area contributed by atoms with Crippen molar-refractivity contribution >= 4 is 22.6 Å². The molecule has 1 aliphatic rings. The molecule has 0 bridgehead atoms. The molecule has 1 heterocycles. The molecule has 1 rings (SSSR count). The number of ether oxygens (including phenoxy) is 3.